The van der Waals surface area contributed by atoms with Gasteiger partial charge in [0.25, 0.3) is 0 Å². The summed E-state index contributed by atoms with van der Waals surface area (Å²) in [7, 11) is 3.89. The Bertz CT molecular complexity index is 271. The van der Waals surface area contributed by atoms with Crippen LogP contribution in [-0.4, -0.2) is 78.4 Å². The lowest BCUT2D eigenvalue weighted by atomic mass is 10.3. The highest BCUT2D eigenvalue weighted by Crippen LogP contribution is 1.95. The number of aliphatic hydroxyl groups excluding tert-OH is 1. The molecule has 0 unspecified atom stereocenters. The van der Waals surface area contributed by atoms with Gasteiger partial charge in [0.15, 0.2) is 6.04 Å². The van der Waals surface area contributed by atoms with Gasteiger partial charge in [0, 0.05) is 13.1 Å². The predicted molar refractivity (Wildman–Crippen MR) is 67.5 cm³/mol. The molecule has 0 aromatic rings. The Kier molecular flexibility index (Phi) is 8.06. The molecule has 0 radical (unpaired) electrons. The standard InChI is InChI=1S/C11H23N3O4/c1-4-14(7-5-6-13(2)3)11(18)12-9(8-15)10(16)17/h9,15H,4-8H2,1-3H3,(H,12,18)(H,16,17)/t9-/m0/s1. The summed E-state index contributed by atoms with van der Waals surface area (Å²) in [5.41, 5.74) is 0. The zero-order chi connectivity index (χ0) is 14.1. The highest BCUT2D eigenvalue weighted by Gasteiger charge is 2.21. The topological polar surface area (TPSA) is 93.1 Å². The maximum absolute atomic E-state index is 11.8. The fraction of sp³-hybridized carbons (Fsp3) is 0.818. The molecule has 0 fully saturated rings. The molecule has 0 bridgehead atoms. The Morgan fingerprint density at radius 2 is 1.89 bits per heavy atom. The number of hydrogen-bond donors (Lipinski definition) is 3. The molecule has 0 saturated carbocycles. The highest BCUT2D eigenvalue weighted by molar-refractivity contribution is 5.82. The first-order valence-electron chi connectivity index (χ1n) is 5.96. The van der Waals surface area contributed by atoms with Gasteiger partial charge in [-0.2, -0.15) is 0 Å². The second-order valence-electron chi connectivity index (χ2n) is 4.26. The van der Waals surface area contributed by atoms with Crippen molar-refractivity contribution in [1.29, 1.82) is 0 Å². The summed E-state index contributed by atoms with van der Waals surface area (Å²) >= 11 is 0. The molecule has 3 N–H and O–H groups in total. The van der Waals surface area contributed by atoms with Crippen molar-refractivity contribution in [3.8, 4) is 0 Å². The first-order chi connectivity index (χ1) is 8.42. The van der Waals surface area contributed by atoms with E-state index in [4.69, 9.17) is 10.2 Å². The Balaban J connectivity index is 4.21. The van der Waals surface area contributed by atoms with E-state index in [0.717, 1.165) is 13.0 Å². The van der Waals surface area contributed by atoms with Gasteiger partial charge in [-0.25, -0.2) is 9.59 Å². The summed E-state index contributed by atoms with van der Waals surface area (Å²) < 4.78 is 0. The number of rotatable bonds is 8. The lowest BCUT2D eigenvalue weighted by Crippen LogP contribution is -2.49. The van der Waals surface area contributed by atoms with E-state index in [1.807, 2.05) is 25.9 Å². The molecule has 0 aromatic carbocycles. The minimum atomic E-state index is -1.25. The number of carbonyl (C=O) groups is 2. The van der Waals surface area contributed by atoms with E-state index in [9.17, 15) is 9.59 Å². The normalized spacial score (nSPS) is 12.3. The van der Waals surface area contributed by atoms with E-state index in [1.54, 1.807) is 0 Å². The van der Waals surface area contributed by atoms with Crippen LogP contribution in [0.3, 0.4) is 0 Å². The molecule has 0 rings (SSSR count). The average molecular weight is 261 g/mol. The van der Waals surface area contributed by atoms with Crippen molar-refractivity contribution >= 4 is 12.0 Å². The highest BCUT2D eigenvalue weighted by atomic mass is 16.4. The van der Waals surface area contributed by atoms with E-state index in [1.165, 1.54) is 4.90 Å². The minimum absolute atomic E-state index is 0.460. The summed E-state index contributed by atoms with van der Waals surface area (Å²) in [5.74, 6) is -1.24. The zero-order valence-corrected chi connectivity index (χ0v) is 11.2. The van der Waals surface area contributed by atoms with Gasteiger partial charge in [-0.15, -0.1) is 0 Å². The van der Waals surface area contributed by atoms with Crippen LogP contribution in [0.5, 0.6) is 0 Å². The van der Waals surface area contributed by atoms with Crippen molar-refractivity contribution in [3.05, 3.63) is 0 Å². The monoisotopic (exact) mass is 261 g/mol. The Hall–Kier alpha value is -1.34. The molecular weight excluding hydrogens is 238 g/mol. The number of urea groups is 1. The molecule has 0 aromatic heterocycles. The van der Waals surface area contributed by atoms with Crippen LogP contribution in [0.1, 0.15) is 13.3 Å². The molecule has 2 amide bonds. The summed E-state index contributed by atoms with van der Waals surface area (Å²) in [4.78, 5) is 26.0. The maximum atomic E-state index is 11.8. The molecule has 1 atom stereocenters. The molecule has 0 heterocycles. The fourth-order valence-electron chi connectivity index (χ4n) is 1.41. The summed E-state index contributed by atoms with van der Waals surface area (Å²) in [6, 6.07) is -1.71. The van der Waals surface area contributed by atoms with Crippen molar-refractivity contribution < 1.29 is 19.8 Å². The number of carboxylic acids is 1. The molecule has 0 aliphatic carbocycles. The number of nitrogens with zero attached hydrogens (tertiary/aromatic N) is 2. The largest absolute Gasteiger partial charge is 0.480 e. The van der Waals surface area contributed by atoms with E-state index in [0.29, 0.717) is 13.1 Å². The number of aliphatic carboxylic acids is 1. The number of hydrogen-bond acceptors (Lipinski definition) is 4. The van der Waals surface area contributed by atoms with Crippen molar-refractivity contribution in [2.75, 3.05) is 40.3 Å². The molecule has 0 aliphatic rings. The quantitative estimate of drug-likeness (QED) is 0.543. The van der Waals surface area contributed by atoms with Gasteiger partial charge in [0.1, 0.15) is 0 Å². The van der Waals surface area contributed by atoms with E-state index in [-0.39, 0.29) is 0 Å². The fourth-order valence-corrected chi connectivity index (χ4v) is 1.41. The molecular formula is C11H23N3O4. The molecule has 0 saturated heterocycles. The molecule has 0 aliphatic heterocycles. The Morgan fingerprint density at radius 1 is 1.28 bits per heavy atom. The summed E-state index contributed by atoms with van der Waals surface area (Å²) in [6.07, 6.45) is 0.811. The number of carboxylic acid groups (broad SMARTS) is 1. The van der Waals surface area contributed by atoms with Crippen LogP contribution in [0.25, 0.3) is 0 Å². The number of nitrogens with one attached hydrogen (secondary N) is 1. The second kappa shape index (κ2) is 8.71. The lowest BCUT2D eigenvalue weighted by Gasteiger charge is -2.24. The van der Waals surface area contributed by atoms with Gasteiger partial charge >= 0.3 is 12.0 Å². The van der Waals surface area contributed by atoms with Gasteiger partial charge < -0.3 is 25.3 Å². The van der Waals surface area contributed by atoms with Crippen LogP contribution < -0.4 is 5.32 Å². The molecule has 18 heavy (non-hydrogen) atoms. The van der Waals surface area contributed by atoms with Crippen LogP contribution in [0.2, 0.25) is 0 Å². The third-order valence-electron chi connectivity index (χ3n) is 2.48. The lowest BCUT2D eigenvalue weighted by molar-refractivity contribution is -0.140. The minimum Gasteiger partial charge on any atom is -0.480 e. The first-order valence-corrected chi connectivity index (χ1v) is 5.96. The van der Waals surface area contributed by atoms with Crippen LogP contribution in [-0.2, 0) is 4.79 Å². The first kappa shape index (κ1) is 16.7. The van der Waals surface area contributed by atoms with Crippen LogP contribution in [0.4, 0.5) is 4.79 Å². The zero-order valence-electron chi connectivity index (χ0n) is 11.2. The van der Waals surface area contributed by atoms with Crippen LogP contribution in [0.15, 0.2) is 0 Å². The predicted octanol–water partition coefficient (Wildman–Crippen LogP) is -0.585. The molecule has 7 nitrogen and oxygen atoms in total. The smallest absolute Gasteiger partial charge is 0.328 e. The molecule has 106 valence electrons. The van der Waals surface area contributed by atoms with E-state index < -0.39 is 24.6 Å². The van der Waals surface area contributed by atoms with Gasteiger partial charge in [-0.1, -0.05) is 0 Å². The van der Waals surface area contributed by atoms with Crippen LogP contribution in [0, 0.1) is 0 Å². The Labute approximate surface area is 107 Å². The van der Waals surface area contributed by atoms with Crippen LogP contribution >= 0.6 is 0 Å². The van der Waals surface area contributed by atoms with Crippen molar-refractivity contribution in [2.24, 2.45) is 0 Å². The van der Waals surface area contributed by atoms with E-state index >= 15 is 0 Å². The van der Waals surface area contributed by atoms with E-state index in [2.05, 4.69) is 5.32 Å². The maximum Gasteiger partial charge on any atom is 0.328 e. The summed E-state index contributed by atoms with van der Waals surface area (Å²) in [5, 5.41) is 19.8. The third-order valence-corrected chi connectivity index (χ3v) is 2.48. The van der Waals surface area contributed by atoms with Crippen molar-refractivity contribution in [1.82, 2.24) is 15.1 Å². The van der Waals surface area contributed by atoms with Gasteiger partial charge in [0.2, 0.25) is 0 Å². The number of aliphatic hydroxyl groups is 1. The van der Waals surface area contributed by atoms with Gasteiger partial charge in [-0.3, -0.25) is 0 Å². The van der Waals surface area contributed by atoms with Gasteiger partial charge in [-0.05, 0) is 34.0 Å². The Morgan fingerprint density at radius 3 is 2.28 bits per heavy atom. The molecule has 7 heteroatoms. The SMILES string of the molecule is CCN(CCCN(C)C)C(=O)N[C@@H](CO)C(=O)O. The third kappa shape index (κ3) is 6.41. The molecule has 0 spiro atoms. The second-order valence-corrected chi connectivity index (χ2v) is 4.26. The van der Waals surface area contributed by atoms with Gasteiger partial charge in [0.05, 0.1) is 6.61 Å². The van der Waals surface area contributed by atoms with Crippen molar-refractivity contribution in [2.45, 2.75) is 19.4 Å². The number of carbonyl (C=O) groups excluding carboxylic acids is 1. The average Bonchev–Trinajstić information content (AvgIpc) is 2.30. The van der Waals surface area contributed by atoms with Crippen molar-refractivity contribution in [3.63, 3.8) is 0 Å². The summed E-state index contributed by atoms with van der Waals surface area (Å²) in [6.45, 7) is 3.11. The number of amides is 2.